The number of carbonyl (C=O) groups is 2. The topological polar surface area (TPSA) is 111 Å². The van der Waals surface area contributed by atoms with E-state index in [0.717, 1.165) is 0 Å². The van der Waals surface area contributed by atoms with Crippen LogP contribution in [-0.2, 0) is 26.9 Å². The largest absolute Gasteiger partial charge is 0.316 e. The Bertz CT molecular complexity index is 1910. The van der Waals surface area contributed by atoms with Crippen molar-refractivity contribution in [2.24, 2.45) is 0 Å². The summed E-state index contributed by atoms with van der Waals surface area (Å²) in [4.78, 5) is 31.6. The lowest BCUT2D eigenvalue weighted by molar-refractivity contribution is -0.129. The summed E-state index contributed by atoms with van der Waals surface area (Å²) in [5, 5.41) is 9.40. The third kappa shape index (κ3) is 5.62. The standard InChI is InChI=1S/C35H34N4O4S/c1-34(2,3)37-44(42,43)31-17-10-9-16-29(31)25-18-19-30-26(21-25)23-39(32(30)40)35(4,27-13-7-6-8-14-27)33(41)38(5)28-15-11-12-24(20-28)22-36/h6-21,37H,23H2,1-5H3. The maximum absolute atomic E-state index is 14.4. The molecule has 0 aromatic heterocycles. The third-order valence-corrected chi connectivity index (χ3v) is 9.61. The Balaban J connectivity index is 1.56. The first kappa shape index (κ1) is 30.7. The highest BCUT2D eigenvalue weighted by molar-refractivity contribution is 7.89. The van der Waals surface area contributed by atoms with Crippen molar-refractivity contribution in [1.29, 1.82) is 5.26 Å². The van der Waals surface area contributed by atoms with E-state index in [2.05, 4.69) is 10.8 Å². The lowest BCUT2D eigenvalue weighted by Crippen LogP contribution is -2.55. The number of amides is 2. The molecule has 4 aromatic carbocycles. The Morgan fingerprint density at radius 3 is 2.25 bits per heavy atom. The van der Waals surface area contributed by atoms with Gasteiger partial charge in [0.2, 0.25) is 10.0 Å². The normalized spacial score (nSPS) is 14.5. The molecule has 1 aliphatic heterocycles. The first-order chi connectivity index (χ1) is 20.8. The molecule has 9 heteroatoms. The summed E-state index contributed by atoms with van der Waals surface area (Å²) in [5.41, 5.74) is 1.81. The van der Waals surface area contributed by atoms with Crippen molar-refractivity contribution in [3.8, 4) is 17.2 Å². The van der Waals surface area contributed by atoms with Crippen LogP contribution < -0.4 is 9.62 Å². The van der Waals surface area contributed by atoms with Crippen molar-refractivity contribution in [2.75, 3.05) is 11.9 Å². The highest BCUT2D eigenvalue weighted by atomic mass is 32.2. The summed E-state index contributed by atoms with van der Waals surface area (Å²) in [5.74, 6) is -0.648. The SMILES string of the molecule is CN(C(=O)C(C)(c1ccccc1)N1Cc2cc(-c3ccccc3S(=O)(=O)NC(C)(C)C)ccc2C1=O)c1cccc(C#N)c1. The first-order valence-corrected chi connectivity index (χ1v) is 15.7. The number of fused-ring (bicyclic) bond motifs is 1. The summed E-state index contributed by atoms with van der Waals surface area (Å²) in [6, 6.07) is 30.0. The van der Waals surface area contributed by atoms with Crippen LogP contribution in [0.1, 0.15) is 54.7 Å². The van der Waals surface area contributed by atoms with Gasteiger partial charge in [-0.15, -0.1) is 0 Å². The molecule has 1 N–H and O–H groups in total. The van der Waals surface area contributed by atoms with Gasteiger partial charge in [0.05, 0.1) is 16.5 Å². The number of sulfonamides is 1. The molecule has 0 bridgehead atoms. The van der Waals surface area contributed by atoms with Crippen LogP contribution >= 0.6 is 0 Å². The molecular weight excluding hydrogens is 572 g/mol. The number of hydrogen-bond acceptors (Lipinski definition) is 5. The zero-order chi connectivity index (χ0) is 31.9. The average molecular weight is 607 g/mol. The number of rotatable bonds is 7. The summed E-state index contributed by atoms with van der Waals surface area (Å²) in [6.07, 6.45) is 0. The van der Waals surface area contributed by atoms with Gasteiger partial charge in [-0.25, -0.2) is 13.1 Å². The van der Waals surface area contributed by atoms with Gasteiger partial charge in [-0.1, -0.05) is 60.7 Å². The molecule has 1 aliphatic rings. The molecular formula is C35H34N4O4S. The molecule has 1 unspecified atom stereocenters. The second kappa shape index (κ2) is 11.4. The maximum atomic E-state index is 14.4. The van der Waals surface area contributed by atoms with E-state index in [1.165, 1.54) is 4.90 Å². The number of benzene rings is 4. The molecule has 0 fully saturated rings. The maximum Gasteiger partial charge on any atom is 0.257 e. The zero-order valence-electron chi connectivity index (χ0n) is 25.3. The molecule has 224 valence electrons. The second-order valence-corrected chi connectivity index (χ2v) is 13.7. The lowest BCUT2D eigenvalue weighted by atomic mass is 9.88. The van der Waals surface area contributed by atoms with E-state index < -0.39 is 21.1 Å². The number of carbonyl (C=O) groups excluding carboxylic acids is 2. The van der Waals surface area contributed by atoms with Gasteiger partial charge < -0.3 is 9.80 Å². The molecule has 0 aliphatic carbocycles. The molecule has 0 saturated carbocycles. The first-order valence-electron chi connectivity index (χ1n) is 14.2. The van der Waals surface area contributed by atoms with Gasteiger partial charge >= 0.3 is 0 Å². The van der Waals surface area contributed by atoms with Crippen molar-refractivity contribution in [1.82, 2.24) is 9.62 Å². The number of anilines is 1. The average Bonchev–Trinajstić information content (AvgIpc) is 3.35. The third-order valence-electron chi connectivity index (χ3n) is 7.80. The predicted octanol–water partition coefficient (Wildman–Crippen LogP) is 5.84. The van der Waals surface area contributed by atoms with Gasteiger partial charge in [-0.3, -0.25) is 9.59 Å². The van der Waals surface area contributed by atoms with Crippen LogP contribution in [0.4, 0.5) is 5.69 Å². The molecule has 8 nitrogen and oxygen atoms in total. The summed E-state index contributed by atoms with van der Waals surface area (Å²) in [7, 11) is -2.21. The van der Waals surface area contributed by atoms with E-state index in [1.54, 1.807) is 100 Å². The van der Waals surface area contributed by atoms with Crippen molar-refractivity contribution in [2.45, 2.75) is 50.2 Å². The fourth-order valence-corrected chi connectivity index (χ4v) is 7.28. The number of likely N-dealkylation sites (N-methyl/N-ethyl adjacent to an activating group) is 1. The molecule has 4 aromatic rings. The summed E-state index contributed by atoms with van der Waals surface area (Å²) in [6.45, 7) is 7.22. The van der Waals surface area contributed by atoms with Crippen LogP contribution in [0.3, 0.4) is 0 Å². The second-order valence-electron chi connectivity index (χ2n) is 12.1. The summed E-state index contributed by atoms with van der Waals surface area (Å²) < 4.78 is 29.4. The van der Waals surface area contributed by atoms with Gasteiger partial charge in [0, 0.05) is 35.9 Å². The van der Waals surface area contributed by atoms with Crippen LogP contribution in [0.25, 0.3) is 11.1 Å². The van der Waals surface area contributed by atoms with Gasteiger partial charge in [-0.05, 0) is 80.8 Å². The smallest absolute Gasteiger partial charge is 0.257 e. The Hall–Kier alpha value is -4.78. The number of nitriles is 1. The van der Waals surface area contributed by atoms with Gasteiger partial charge in [0.25, 0.3) is 11.8 Å². The van der Waals surface area contributed by atoms with E-state index in [-0.39, 0.29) is 23.3 Å². The Morgan fingerprint density at radius 2 is 1.57 bits per heavy atom. The van der Waals surface area contributed by atoms with Gasteiger partial charge in [-0.2, -0.15) is 5.26 Å². The van der Waals surface area contributed by atoms with Crippen LogP contribution in [0.5, 0.6) is 0 Å². The van der Waals surface area contributed by atoms with Crippen LogP contribution in [-0.4, -0.2) is 37.7 Å². The quantitative estimate of drug-likeness (QED) is 0.284. The number of nitrogens with zero attached hydrogens (tertiary/aromatic N) is 3. The number of hydrogen-bond donors (Lipinski definition) is 1. The Morgan fingerprint density at radius 1 is 0.886 bits per heavy atom. The Labute approximate surface area is 258 Å². The van der Waals surface area contributed by atoms with Crippen LogP contribution in [0.2, 0.25) is 0 Å². The van der Waals surface area contributed by atoms with E-state index in [9.17, 15) is 23.3 Å². The molecule has 0 radical (unpaired) electrons. The minimum absolute atomic E-state index is 0.139. The molecule has 2 amide bonds. The van der Waals surface area contributed by atoms with Crippen molar-refractivity contribution in [3.63, 3.8) is 0 Å². The zero-order valence-corrected chi connectivity index (χ0v) is 26.1. The minimum Gasteiger partial charge on any atom is -0.316 e. The molecule has 44 heavy (non-hydrogen) atoms. The molecule has 1 atom stereocenters. The van der Waals surface area contributed by atoms with E-state index in [0.29, 0.717) is 39.1 Å². The van der Waals surface area contributed by atoms with Gasteiger partial charge in [0.15, 0.2) is 0 Å². The number of nitrogens with one attached hydrogen (secondary N) is 1. The van der Waals surface area contributed by atoms with Crippen molar-refractivity contribution < 1.29 is 18.0 Å². The highest BCUT2D eigenvalue weighted by Gasteiger charge is 2.48. The van der Waals surface area contributed by atoms with Crippen LogP contribution in [0, 0.1) is 11.3 Å². The predicted molar refractivity (Wildman–Crippen MR) is 170 cm³/mol. The van der Waals surface area contributed by atoms with E-state index in [1.807, 2.05) is 36.4 Å². The Kier molecular flexibility index (Phi) is 7.93. The lowest BCUT2D eigenvalue weighted by Gasteiger charge is -2.40. The van der Waals surface area contributed by atoms with Crippen molar-refractivity contribution in [3.05, 3.63) is 119 Å². The van der Waals surface area contributed by atoms with E-state index >= 15 is 0 Å². The minimum atomic E-state index is -3.84. The molecule has 1 heterocycles. The molecule has 0 spiro atoms. The fraction of sp³-hybridized carbons (Fsp3) is 0.229. The van der Waals surface area contributed by atoms with E-state index in [4.69, 9.17) is 0 Å². The molecule has 0 saturated heterocycles. The fourth-order valence-electron chi connectivity index (χ4n) is 5.63. The molecule has 5 rings (SSSR count). The summed E-state index contributed by atoms with van der Waals surface area (Å²) >= 11 is 0. The van der Waals surface area contributed by atoms with Gasteiger partial charge in [0.1, 0.15) is 5.54 Å². The van der Waals surface area contributed by atoms with Crippen molar-refractivity contribution >= 4 is 27.5 Å². The highest BCUT2D eigenvalue weighted by Crippen LogP contribution is 2.40. The van der Waals surface area contributed by atoms with Crippen LogP contribution in [0.15, 0.2) is 102 Å². The monoisotopic (exact) mass is 606 g/mol.